The maximum absolute atomic E-state index is 13.2. The molecule has 4 aromatic rings. The molecule has 12 nitrogen and oxygen atoms in total. The lowest BCUT2D eigenvalue weighted by Gasteiger charge is -2.25. The SMILES string of the molecule is Nc1ncn([C@@H]2O[C@H](COC(=O)c3ccc(Cl)cc3)[C@H](OC(=O)c3ccc(Cl)cc3)[C@H]2OC(=O)c2ccc(Cl)cc2)c(=O)n1. The Balaban J connectivity index is 1.49. The number of benzene rings is 3. The van der Waals surface area contributed by atoms with E-state index in [1.54, 1.807) is 0 Å². The zero-order chi connectivity index (χ0) is 31.4. The van der Waals surface area contributed by atoms with Crippen LogP contribution in [-0.4, -0.2) is 57.4 Å². The molecule has 1 aliphatic heterocycles. The second-order valence-corrected chi connectivity index (χ2v) is 10.6. The zero-order valence-corrected chi connectivity index (χ0v) is 24.6. The summed E-state index contributed by atoms with van der Waals surface area (Å²) in [6.07, 6.45) is -4.49. The van der Waals surface area contributed by atoms with Gasteiger partial charge < -0.3 is 24.7 Å². The normalized spacial score (nSPS) is 19.2. The van der Waals surface area contributed by atoms with E-state index in [9.17, 15) is 19.2 Å². The maximum Gasteiger partial charge on any atom is 0.354 e. The van der Waals surface area contributed by atoms with Crippen molar-refractivity contribution >= 4 is 58.7 Å². The summed E-state index contributed by atoms with van der Waals surface area (Å²) in [5.74, 6) is -2.73. The molecule has 2 N–H and O–H groups in total. The van der Waals surface area contributed by atoms with Crippen molar-refractivity contribution in [3.05, 3.63) is 121 Å². The van der Waals surface area contributed by atoms with E-state index in [0.29, 0.717) is 15.1 Å². The van der Waals surface area contributed by atoms with Gasteiger partial charge in [0, 0.05) is 15.1 Å². The van der Waals surface area contributed by atoms with Gasteiger partial charge in [-0.05, 0) is 72.8 Å². The fourth-order valence-electron chi connectivity index (χ4n) is 4.25. The standard InChI is InChI=1S/C29H21Cl3N4O8/c30-18-7-1-15(2-8-18)25(37)41-13-21-22(43-26(38)16-3-9-19(31)10-4-16)23(44-27(39)17-5-11-20(32)12-6-17)24(42-21)36-14-34-28(33)35-29(36)40/h1-12,14,21-24H,13H2,(H2,33,35,40)/t21-,22+,23-,24-/m1/s1. The number of ether oxygens (including phenoxy) is 4. The van der Waals surface area contributed by atoms with Gasteiger partial charge in [-0.3, -0.25) is 4.57 Å². The molecule has 0 saturated carbocycles. The van der Waals surface area contributed by atoms with E-state index in [1.165, 1.54) is 72.8 Å². The summed E-state index contributed by atoms with van der Waals surface area (Å²) in [7, 11) is 0. The first kappa shape index (κ1) is 31.0. The summed E-state index contributed by atoms with van der Waals surface area (Å²) >= 11 is 17.8. The van der Waals surface area contributed by atoms with Gasteiger partial charge in [-0.25, -0.2) is 24.2 Å². The molecule has 1 fully saturated rings. The van der Waals surface area contributed by atoms with E-state index in [-0.39, 0.29) is 22.6 Å². The Labute approximate surface area is 264 Å². The van der Waals surface area contributed by atoms with Crippen molar-refractivity contribution in [1.82, 2.24) is 14.5 Å². The molecule has 1 aromatic heterocycles. The van der Waals surface area contributed by atoms with E-state index < -0.39 is 54.7 Å². The lowest BCUT2D eigenvalue weighted by atomic mass is 10.1. The molecule has 4 atom stereocenters. The summed E-state index contributed by atoms with van der Waals surface area (Å²) in [6.45, 7) is -0.476. The molecule has 1 saturated heterocycles. The first-order valence-electron chi connectivity index (χ1n) is 12.8. The number of nitrogens with zero attached hydrogens (tertiary/aromatic N) is 3. The lowest BCUT2D eigenvalue weighted by Crippen LogP contribution is -2.42. The predicted octanol–water partition coefficient (Wildman–Crippen LogP) is 4.39. The number of hydrogen-bond acceptors (Lipinski definition) is 11. The number of hydrogen-bond donors (Lipinski definition) is 1. The number of carbonyl (C=O) groups excluding carboxylic acids is 3. The van der Waals surface area contributed by atoms with Gasteiger partial charge >= 0.3 is 23.6 Å². The maximum atomic E-state index is 13.2. The molecule has 1 aliphatic rings. The minimum atomic E-state index is -1.46. The molecule has 2 heterocycles. The zero-order valence-electron chi connectivity index (χ0n) is 22.3. The van der Waals surface area contributed by atoms with E-state index in [4.69, 9.17) is 59.5 Å². The van der Waals surface area contributed by atoms with Crippen LogP contribution in [0, 0.1) is 0 Å². The number of carbonyl (C=O) groups is 3. The molecule has 0 aliphatic carbocycles. The Kier molecular flexibility index (Phi) is 9.45. The third kappa shape index (κ3) is 7.17. The number of nitrogen functional groups attached to an aromatic ring is 1. The molecule has 3 aromatic carbocycles. The summed E-state index contributed by atoms with van der Waals surface area (Å²) in [5, 5.41) is 1.18. The summed E-state index contributed by atoms with van der Waals surface area (Å²) in [4.78, 5) is 59.5. The molecule has 15 heteroatoms. The summed E-state index contributed by atoms with van der Waals surface area (Å²) < 4.78 is 24.0. The van der Waals surface area contributed by atoms with Gasteiger partial charge in [-0.15, -0.1) is 0 Å². The molecule has 0 radical (unpaired) electrons. The molecular formula is C29H21Cl3N4O8. The highest BCUT2D eigenvalue weighted by atomic mass is 35.5. The van der Waals surface area contributed by atoms with Crippen LogP contribution in [0.25, 0.3) is 0 Å². The Bertz CT molecular complexity index is 1730. The topological polar surface area (TPSA) is 162 Å². The molecule has 0 bridgehead atoms. The van der Waals surface area contributed by atoms with Crippen molar-refractivity contribution in [2.75, 3.05) is 12.3 Å². The number of esters is 3. The van der Waals surface area contributed by atoms with Crippen molar-refractivity contribution in [2.24, 2.45) is 0 Å². The lowest BCUT2D eigenvalue weighted by molar-refractivity contribution is -0.0643. The average Bonchev–Trinajstić information content (AvgIpc) is 3.32. The highest BCUT2D eigenvalue weighted by Crippen LogP contribution is 2.35. The second-order valence-electron chi connectivity index (χ2n) is 9.33. The van der Waals surface area contributed by atoms with E-state index in [2.05, 4.69) is 9.97 Å². The van der Waals surface area contributed by atoms with Gasteiger partial charge in [0.2, 0.25) is 5.95 Å². The molecule has 0 spiro atoms. The molecule has 226 valence electrons. The van der Waals surface area contributed by atoms with E-state index in [0.717, 1.165) is 10.9 Å². The smallest absolute Gasteiger partial charge is 0.354 e. The first-order chi connectivity index (χ1) is 21.1. The Morgan fingerprint density at radius 3 is 1.68 bits per heavy atom. The fraction of sp³-hybridized carbons (Fsp3) is 0.172. The largest absolute Gasteiger partial charge is 0.459 e. The van der Waals surface area contributed by atoms with Crippen molar-refractivity contribution < 1.29 is 33.3 Å². The second kappa shape index (κ2) is 13.4. The molecule has 0 amide bonds. The minimum absolute atomic E-state index is 0.106. The van der Waals surface area contributed by atoms with Gasteiger partial charge in [0.1, 0.15) is 19.0 Å². The quantitative estimate of drug-likeness (QED) is 0.211. The van der Waals surface area contributed by atoms with Crippen LogP contribution in [-0.2, 0) is 18.9 Å². The number of aromatic nitrogens is 3. The monoisotopic (exact) mass is 658 g/mol. The number of halogens is 3. The Morgan fingerprint density at radius 1 is 0.750 bits per heavy atom. The van der Waals surface area contributed by atoms with Crippen LogP contribution in [0.5, 0.6) is 0 Å². The van der Waals surface area contributed by atoms with Crippen LogP contribution < -0.4 is 11.4 Å². The van der Waals surface area contributed by atoms with Crippen LogP contribution in [0.4, 0.5) is 5.95 Å². The third-order valence-corrected chi connectivity index (χ3v) is 7.17. The number of anilines is 1. The van der Waals surface area contributed by atoms with Gasteiger partial charge in [-0.2, -0.15) is 4.98 Å². The van der Waals surface area contributed by atoms with Crippen molar-refractivity contribution in [3.63, 3.8) is 0 Å². The third-order valence-electron chi connectivity index (χ3n) is 6.41. The van der Waals surface area contributed by atoms with Crippen LogP contribution in [0.1, 0.15) is 37.3 Å². The van der Waals surface area contributed by atoms with Crippen molar-refractivity contribution in [2.45, 2.75) is 24.5 Å². The van der Waals surface area contributed by atoms with Gasteiger partial charge in [0.15, 0.2) is 18.4 Å². The Hall–Kier alpha value is -4.49. The number of nitrogens with two attached hydrogens (primary N) is 1. The van der Waals surface area contributed by atoms with Crippen LogP contribution >= 0.6 is 34.8 Å². The fourth-order valence-corrected chi connectivity index (χ4v) is 4.62. The molecule has 0 unspecified atom stereocenters. The minimum Gasteiger partial charge on any atom is -0.459 e. The van der Waals surface area contributed by atoms with Gasteiger partial charge in [0.05, 0.1) is 16.7 Å². The van der Waals surface area contributed by atoms with Crippen molar-refractivity contribution in [1.29, 1.82) is 0 Å². The Morgan fingerprint density at radius 2 is 1.20 bits per heavy atom. The van der Waals surface area contributed by atoms with E-state index >= 15 is 0 Å². The van der Waals surface area contributed by atoms with Crippen LogP contribution in [0.3, 0.4) is 0 Å². The predicted molar refractivity (Wildman–Crippen MR) is 158 cm³/mol. The number of rotatable bonds is 8. The van der Waals surface area contributed by atoms with Crippen molar-refractivity contribution in [3.8, 4) is 0 Å². The highest BCUT2D eigenvalue weighted by molar-refractivity contribution is 6.31. The van der Waals surface area contributed by atoms with Gasteiger partial charge in [-0.1, -0.05) is 34.8 Å². The molecular weight excluding hydrogens is 639 g/mol. The highest BCUT2D eigenvalue weighted by Gasteiger charge is 2.52. The molecule has 5 rings (SSSR count). The summed E-state index contributed by atoms with van der Waals surface area (Å²) in [5.41, 5.74) is 5.07. The van der Waals surface area contributed by atoms with E-state index in [1.807, 2.05) is 0 Å². The molecule has 44 heavy (non-hydrogen) atoms. The van der Waals surface area contributed by atoms with Crippen LogP contribution in [0.2, 0.25) is 15.1 Å². The average molecular weight is 660 g/mol. The first-order valence-corrected chi connectivity index (χ1v) is 13.9. The van der Waals surface area contributed by atoms with Crippen LogP contribution in [0.15, 0.2) is 83.9 Å². The summed E-state index contributed by atoms with van der Waals surface area (Å²) in [6, 6.07) is 17.6. The van der Waals surface area contributed by atoms with Gasteiger partial charge in [0.25, 0.3) is 0 Å².